The third kappa shape index (κ3) is 9.26. The zero-order valence-corrected chi connectivity index (χ0v) is 24.2. The topological polar surface area (TPSA) is 97.0 Å². The molecule has 1 heterocycles. The van der Waals surface area contributed by atoms with Gasteiger partial charge in [0.1, 0.15) is 23.4 Å². The standard InChI is InChI=1S/C29H33F6N3O5/c1-16(2)38-22-13-11-19(28(30,31)32)14-17(22)10-12-20(25(38)40)36-24(39)21(37-26(41)43-27(3,4)5)15-18-8-6-7-9-23(18)42-29(33,34)35/h6-9,11,13-14,16,20-21H,10,12,15H2,1-5H3,(H,36,39)(H,37,41)/t20-,21-/m1/s1. The second-order valence-electron chi connectivity index (χ2n) is 11.3. The summed E-state index contributed by atoms with van der Waals surface area (Å²) in [7, 11) is 0. The van der Waals surface area contributed by atoms with Crippen LogP contribution in [0.5, 0.6) is 5.75 Å². The smallest absolute Gasteiger partial charge is 0.444 e. The normalized spacial score (nSPS) is 16.7. The Labute approximate surface area is 244 Å². The molecule has 2 N–H and O–H groups in total. The van der Waals surface area contributed by atoms with Gasteiger partial charge in [-0.25, -0.2) is 4.79 Å². The van der Waals surface area contributed by atoms with Crippen molar-refractivity contribution in [3.8, 4) is 5.75 Å². The third-order valence-corrected chi connectivity index (χ3v) is 6.37. The lowest BCUT2D eigenvalue weighted by Crippen LogP contribution is -2.56. The average Bonchev–Trinajstić information content (AvgIpc) is 2.98. The van der Waals surface area contributed by atoms with Gasteiger partial charge in [-0.1, -0.05) is 18.2 Å². The van der Waals surface area contributed by atoms with Gasteiger partial charge in [0.05, 0.1) is 5.56 Å². The molecule has 236 valence electrons. The molecule has 2 aromatic carbocycles. The molecular weight excluding hydrogens is 584 g/mol. The highest BCUT2D eigenvalue weighted by Crippen LogP contribution is 2.36. The Morgan fingerprint density at radius 3 is 2.26 bits per heavy atom. The van der Waals surface area contributed by atoms with E-state index in [4.69, 9.17) is 4.74 Å². The highest BCUT2D eigenvalue weighted by molar-refractivity contribution is 6.01. The van der Waals surface area contributed by atoms with Crippen molar-refractivity contribution in [3.63, 3.8) is 0 Å². The molecule has 1 aliphatic rings. The summed E-state index contributed by atoms with van der Waals surface area (Å²) in [6.45, 7) is 8.03. The number of alkyl halides is 6. The first-order chi connectivity index (χ1) is 19.7. The van der Waals surface area contributed by atoms with Gasteiger partial charge in [-0.15, -0.1) is 13.2 Å². The first-order valence-electron chi connectivity index (χ1n) is 13.4. The van der Waals surface area contributed by atoms with E-state index in [-0.39, 0.29) is 29.7 Å². The third-order valence-electron chi connectivity index (χ3n) is 6.37. The Hall–Kier alpha value is -3.97. The van der Waals surface area contributed by atoms with Gasteiger partial charge < -0.3 is 25.0 Å². The molecule has 2 atom stereocenters. The Morgan fingerprint density at radius 2 is 1.67 bits per heavy atom. The number of carbonyl (C=O) groups is 3. The highest BCUT2D eigenvalue weighted by atomic mass is 19.4. The van der Waals surface area contributed by atoms with Crippen LogP contribution >= 0.6 is 0 Å². The minimum atomic E-state index is -5.03. The molecule has 0 radical (unpaired) electrons. The number of hydrogen-bond acceptors (Lipinski definition) is 5. The molecule has 3 rings (SSSR count). The van der Waals surface area contributed by atoms with E-state index in [2.05, 4.69) is 15.4 Å². The van der Waals surface area contributed by atoms with E-state index < -0.39 is 71.9 Å². The molecule has 0 aliphatic carbocycles. The molecule has 0 aromatic heterocycles. The maximum absolute atomic E-state index is 13.6. The van der Waals surface area contributed by atoms with Crippen molar-refractivity contribution in [2.24, 2.45) is 0 Å². The summed E-state index contributed by atoms with van der Waals surface area (Å²) in [5.74, 6) is -2.11. The summed E-state index contributed by atoms with van der Waals surface area (Å²) < 4.78 is 88.5. The number of rotatable bonds is 7. The molecule has 14 heteroatoms. The number of hydrogen-bond donors (Lipinski definition) is 2. The van der Waals surface area contributed by atoms with Gasteiger partial charge in [0.15, 0.2) is 0 Å². The predicted molar refractivity (Wildman–Crippen MR) is 144 cm³/mol. The van der Waals surface area contributed by atoms with Crippen molar-refractivity contribution in [1.29, 1.82) is 0 Å². The molecule has 0 bridgehead atoms. The average molecular weight is 618 g/mol. The fourth-order valence-corrected chi connectivity index (χ4v) is 4.62. The van der Waals surface area contributed by atoms with Gasteiger partial charge in [-0.05, 0) is 82.9 Å². The van der Waals surface area contributed by atoms with E-state index in [9.17, 15) is 40.7 Å². The quantitative estimate of drug-likeness (QED) is 0.377. The number of alkyl carbamates (subject to hydrolysis) is 1. The Morgan fingerprint density at radius 1 is 1.02 bits per heavy atom. The highest BCUT2D eigenvalue weighted by Gasteiger charge is 2.38. The second-order valence-corrected chi connectivity index (χ2v) is 11.3. The molecule has 0 spiro atoms. The molecule has 43 heavy (non-hydrogen) atoms. The molecule has 3 amide bonds. The van der Waals surface area contributed by atoms with E-state index in [1.165, 1.54) is 29.2 Å². The summed E-state index contributed by atoms with van der Waals surface area (Å²) >= 11 is 0. The van der Waals surface area contributed by atoms with Crippen molar-refractivity contribution in [2.45, 2.75) is 90.1 Å². The van der Waals surface area contributed by atoms with Crippen LogP contribution in [0.2, 0.25) is 0 Å². The minimum Gasteiger partial charge on any atom is -0.444 e. The lowest BCUT2D eigenvalue weighted by molar-refractivity contribution is -0.274. The van der Waals surface area contributed by atoms with Gasteiger partial charge in [0.2, 0.25) is 11.8 Å². The number of benzene rings is 2. The van der Waals surface area contributed by atoms with E-state index in [1.54, 1.807) is 34.6 Å². The zero-order valence-electron chi connectivity index (χ0n) is 24.2. The molecule has 2 aromatic rings. The summed E-state index contributed by atoms with van der Waals surface area (Å²) in [6.07, 6.45) is -11.2. The van der Waals surface area contributed by atoms with Crippen LogP contribution in [0.15, 0.2) is 42.5 Å². The van der Waals surface area contributed by atoms with Crippen LogP contribution in [0.3, 0.4) is 0 Å². The first-order valence-corrected chi connectivity index (χ1v) is 13.4. The van der Waals surface area contributed by atoms with E-state index in [0.29, 0.717) is 0 Å². The van der Waals surface area contributed by atoms with Crippen LogP contribution in [0.25, 0.3) is 0 Å². The van der Waals surface area contributed by atoms with Crippen molar-refractivity contribution < 1.29 is 50.2 Å². The van der Waals surface area contributed by atoms with E-state index >= 15 is 0 Å². The number of fused-ring (bicyclic) bond motifs is 1. The zero-order chi connectivity index (χ0) is 32.3. The van der Waals surface area contributed by atoms with E-state index in [1.807, 2.05) is 0 Å². The molecule has 0 saturated carbocycles. The Kier molecular flexibility index (Phi) is 9.92. The van der Waals surface area contributed by atoms with Crippen molar-refractivity contribution in [1.82, 2.24) is 10.6 Å². The number of carbonyl (C=O) groups excluding carboxylic acids is 3. The van der Waals surface area contributed by atoms with Crippen LogP contribution in [0.4, 0.5) is 36.8 Å². The number of nitrogens with one attached hydrogen (secondary N) is 2. The Balaban J connectivity index is 1.92. The molecular formula is C29H33F6N3O5. The lowest BCUT2D eigenvalue weighted by atomic mass is 10.0. The maximum atomic E-state index is 13.6. The predicted octanol–water partition coefficient (Wildman–Crippen LogP) is 5.91. The molecule has 8 nitrogen and oxygen atoms in total. The minimum absolute atomic E-state index is 0.00553. The fraction of sp³-hybridized carbons (Fsp3) is 0.483. The van der Waals surface area contributed by atoms with Gasteiger partial charge >= 0.3 is 18.6 Å². The summed E-state index contributed by atoms with van der Waals surface area (Å²) in [5.41, 5.74) is -1.40. The largest absolute Gasteiger partial charge is 0.573 e. The van der Waals surface area contributed by atoms with Crippen molar-refractivity contribution >= 4 is 23.6 Å². The maximum Gasteiger partial charge on any atom is 0.573 e. The monoisotopic (exact) mass is 617 g/mol. The van der Waals surface area contributed by atoms with Crippen molar-refractivity contribution in [2.75, 3.05) is 4.90 Å². The van der Waals surface area contributed by atoms with Crippen LogP contribution < -0.4 is 20.3 Å². The SMILES string of the molecule is CC(C)N1C(=O)[C@H](NC(=O)[C@@H](Cc2ccccc2OC(F)(F)F)NC(=O)OC(C)(C)C)CCc2cc(C(F)(F)F)ccc21. The van der Waals surface area contributed by atoms with Gasteiger partial charge in [0, 0.05) is 18.2 Å². The van der Waals surface area contributed by atoms with Crippen LogP contribution in [-0.4, -0.2) is 48.0 Å². The number of para-hydroxylation sites is 1. The van der Waals surface area contributed by atoms with Crippen molar-refractivity contribution in [3.05, 3.63) is 59.2 Å². The number of amides is 3. The lowest BCUT2D eigenvalue weighted by Gasteiger charge is -2.31. The van der Waals surface area contributed by atoms with Crippen LogP contribution in [-0.2, 0) is 33.3 Å². The summed E-state index contributed by atoms with van der Waals surface area (Å²) in [6, 6.07) is 4.87. The molecule has 0 saturated heterocycles. The van der Waals surface area contributed by atoms with Gasteiger partial charge in [0.25, 0.3) is 0 Å². The molecule has 0 fully saturated rings. The molecule has 1 aliphatic heterocycles. The summed E-state index contributed by atoms with van der Waals surface area (Å²) in [4.78, 5) is 41.0. The van der Waals surface area contributed by atoms with Crippen LogP contribution in [0.1, 0.15) is 57.7 Å². The summed E-state index contributed by atoms with van der Waals surface area (Å²) in [5, 5.41) is 4.89. The number of anilines is 1. The first kappa shape index (κ1) is 33.5. The number of ether oxygens (including phenoxy) is 2. The van der Waals surface area contributed by atoms with E-state index in [0.717, 1.165) is 18.2 Å². The number of nitrogens with zero attached hydrogens (tertiary/aromatic N) is 1. The van der Waals surface area contributed by atoms with Gasteiger partial charge in [-0.3, -0.25) is 9.59 Å². The second kappa shape index (κ2) is 12.7. The number of halogens is 6. The fourth-order valence-electron chi connectivity index (χ4n) is 4.62. The molecule has 0 unspecified atom stereocenters. The van der Waals surface area contributed by atoms with Gasteiger partial charge in [-0.2, -0.15) is 13.2 Å². The van der Waals surface area contributed by atoms with Crippen LogP contribution in [0, 0.1) is 0 Å². The Bertz CT molecular complexity index is 1340. The number of aryl methyl sites for hydroxylation is 1.